The van der Waals surface area contributed by atoms with Gasteiger partial charge in [-0.05, 0) is 19.3 Å². The molecule has 4 heteroatoms. The molecule has 0 aliphatic carbocycles. The van der Waals surface area contributed by atoms with E-state index < -0.39 is 0 Å². The molecule has 0 aromatic carbocycles. The lowest BCUT2D eigenvalue weighted by Crippen LogP contribution is -2.39. The molecule has 0 bridgehead atoms. The first-order valence-corrected chi connectivity index (χ1v) is 6.14. The Morgan fingerprint density at radius 3 is 2.56 bits per heavy atom. The molecule has 2 N–H and O–H groups in total. The second-order valence-corrected chi connectivity index (χ2v) is 4.51. The molecule has 1 amide bonds. The molecule has 0 aromatic heterocycles. The van der Waals surface area contributed by atoms with Crippen molar-refractivity contribution in [2.24, 2.45) is 5.92 Å². The molecule has 0 heterocycles. The second-order valence-electron chi connectivity index (χ2n) is 4.51. The van der Waals surface area contributed by atoms with Crippen LogP contribution in [-0.4, -0.2) is 38.3 Å². The fraction of sp³-hybridized carbons (Fsp3) is 0.917. The van der Waals surface area contributed by atoms with Crippen molar-refractivity contribution in [1.29, 1.82) is 0 Å². The zero-order valence-electron chi connectivity index (χ0n) is 11.0. The Balaban J connectivity index is 3.30. The van der Waals surface area contributed by atoms with E-state index in [0.717, 1.165) is 13.0 Å². The maximum atomic E-state index is 11.3. The summed E-state index contributed by atoms with van der Waals surface area (Å²) in [5, 5.41) is 5.95. The Kier molecular flexibility index (Phi) is 9.24. The summed E-state index contributed by atoms with van der Waals surface area (Å²) in [7, 11) is 0. The van der Waals surface area contributed by atoms with Crippen molar-refractivity contribution < 1.29 is 9.53 Å². The van der Waals surface area contributed by atoms with E-state index in [1.54, 1.807) is 0 Å². The van der Waals surface area contributed by atoms with Gasteiger partial charge in [0.25, 0.3) is 0 Å². The number of carbonyl (C=O) groups excluding carboxylic acids is 1. The van der Waals surface area contributed by atoms with Gasteiger partial charge < -0.3 is 15.4 Å². The molecular formula is C12H26N2O2. The molecular weight excluding hydrogens is 204 g/mol. The van der Waals surface area contributed by atoms with Crippen LogP contribution in [0.1, 0.15) is 34.1 Å². The van der Waals surface area contributed by atoms with Gasteiger partial charge in [-0.2, -0.15) is 0 Å². The highest BCUT2D eigenvalue weighted by atomic mass is 16.5. The molecule has 0 fully saturated rings. The van der Waals surface area contributed by atoms with E-state index in [2.05, 4.69) is 38.3 Å². The number of carbonyl (C=O) groups is 1. The van der Waals surface area contributed by atoms with Crippen molar-refractivity contribution >= 4 is 5.91 Å². The molecule has 16 heavy (non-hydrogen) atoms. The highest BCUT2D eigenvalue weighted by molar-refractivity contribution is 5.77. The van der Waals surface area contributed by atoms with Gasteiger partial charge in [0.05, 0.1) is 13.2 Å². The molecule has 0 aliphatic heterocycles. The van der Waals surface area contributed by atoms with Gasteiger partial charge in [0, 0.05) is 19.2 Å². The van der Waals surface area contributed by atoms with E-state index >= 15 is 0 Å². The van der Waals surface area contributed by atoms with Gasteiger partial charge in [0.1, 0.15) is 0 Å². The Morgan fingerprint density at radius 2 is 2.00 bits per heavy atom. The van der Waals surface area contributed by atoms with Crippen LogP contribution in [0.25, 0.3) is 0 Å². The van der Waals surface area contributed by atoms with Crippen LogP contribution < -0.4 is 10.6 Å². The van der Waals surface area contributed by atoms with E-state index in [1.807, 2.05) is 0 Å². The SMILES string of the molecule is CCC(C)NCC(=O)NCCOCC(C)C. The summed E-state index contributed by atoms with van der Waals surface area (Å²) in [6.07, 6.45) is 1.03. The number of ether oxygens (including phenoxy) is 1. The van der Waals surface area contributed by atoms with Gasteiger partial charge in [0.15, 0.2) is 0 Å². The molecule has 0 aliphatic rings. The van der Waals surface area contributed by atoms with Crippen LogP contribution in [0.3, 0.4) is 0 Å². The fourth-order valence-corrected chi connectivity index (χ4v) is 1.06. The maximum Gasteiger partial charge on any atom is 0.234 e. The van der Waals surface area contributed by atoms with Crippen LogP contribution in [0.4, 0.5) is 0 Å². The van der Waals surface area contributed by atoms with Crippen LogP contribution in [0.5, 0.6) is 0 Å². The van der Waals surface area contributed by atoms with Crippen molar-refractivity contribution in [3.63, 3.8) is 0 Å². The number of hydrogen-bond acceptors (Lipinski definition) is 3. The molecule has 0 spiro atoms. The first-order chi connectivity index (χ1) is 7.56. The zero-order valence-corrected chi connectivity index (χ0v) is 11.0. The third-order valence-corrected chi connectivity index (χ3v) is 2.24. The molecule has 1 atom stereocenters. The third kappa shape index (κ3) is 9.93. The quantitative estimate of drug-likeness (QED) is 0.584. The lowest BCUT2D eigenvalue weighted by Gasteiger charge is -2.11. The molecule has 0 rings (SSSR count). The zero-order chi connectivity index (χ0) is 12.4. The molecule has 96 valence electrons. The summed E-state index contributed by atoms with van der Waals surface area (Å²) in [4.78, 5) is 11.3. The van der Waals surface area contributed by atoms with Crippen LogP contribution in [0, 0.1) is 5.92 Å². The van der Waals surface area contributed by atoms with Gasteiger partial charge in [-0.3, -0.25) is 4.79 Å². The van der Waals surface area contributed by atoms with E-state index in [-0.39, 0.29) is 5.91 Å². The van der Waals surface area contributed by atoms with Gasteiger partial charge in [-0.15, -0.1) is 0 Å². The Labute approximate surface area is 99.1 Å². The third-order valence-electron chi connectivity index (χ3n) is 2.24. The lowest BCUT2D eigenvalue weighted by molar-refractivity contribution is -0.120. The predicted molar refractivity (Wildman–Crippen MR) is 66.4 cm³/mol. The standard InChI is InChI=1S/C12H26N2O2/c1-5-11(4)14-8-12(15)13-6-7-16-9-10(2)3/h10-11,14H,5-9H2,1-4H3,(H,13,15). The summed E-state index contributed by atoms with van der Waals surface area (Å²) in [6, 6.07) is 0.392. The van der Waals surface area contributed by atoms with Gasteiger partial charge in [-0.1, -0.05) is 20.8 Å². The average molecular weight is 230 g/mol. The van der Waals surface area contributed by atoms with Crippen molar-refractivity contribution in [3.05, 3.63) is 0 Å². The summed E-state index contributed by atoms with van der Waals surface area (Å²) < 4.78 is 5.36. The van der Waals surface area contributed by atoms with Gasteiger partial charge in [-0.25, -0.2) is 0 Å². The van der Waals surface area contributed by atoms with E-state index in [9.17, 15) is 4.79 Å². The van der Waals surface area contributed by atoms with Gasteiger partial charge in [0.2, 0.25) is 5.91 Å². The second kappa shape index (κ2) is 9.60. The smallest absolute Gasteiger partial charge is 0.234 e. The summed E-state index contributed by atoms with van der Waals surface area (Å²) >= 11 is 0. The van der Waals surface area contributed by atoms with Crippen LogP contribution >= 0.6 is 0 Å². The van der Waals surface area contributed by atoms with Crippen molar-refractivity contribution in [2.75, 3.05) is 26.3 Å². The van der Waals surface area contributed by atoms with Crippen LogP contribution in [0.2, 0.25) is 0 Å². The van der Waals surface area contributed by atoms with E-state index in [1.165, 1.54) is 0 Å². The number of rotatable bonds is 9. The highest BCUT2D eigenvalue weighted by Crippen LogP contribution is 1.91. The topological polar surface area (TPSA) is 50.4 Å². The van der Waals surface area contributed by atoms with E-state index in [0.29, 0.717) is 31.7 Å². The minimum atomic E-state index is 0.0356. The molecule has 0 saturated heterocycles. The first kappa shape index (κ1) is 15.4. The molecule has 0 aromatic rings. The minimum absolute atomic E-state index is 0.0356. The highest BCUT2D eigenvalue weighted by Gasteiger charge is 2.02. The van der Waals surface area contributed by atoms with Gasteiger partial charge >= 0.3 is 0 Å². The molecule has 0 radical (unpaired) electrons. The molecule has 4 nitrogen and oxygen atoms in total. The van der Waals surface area contributed by atoms with Crippen molar-refractivity contribution in [2.45, 2.75) is 40.2 Å². The van der Waals surface area contributed by atoms with Crippen molar-refractivity contribution in [3.8, 4) is 0 Å². The number of nitrogens with one attached hydrogen (secondary N) is 2. The van der Waals surface area contributed by atoms with Crippen molar-refractivity contribution in [1.82, 2.24) is 10.6 Å². The first-order valence-electron chi connectivity index (χ1n) is 6.14. The summed E-state index contributed by atoms with van der Waals surface area (Å²) in [6.45, 7) is 10.7. The Bertz CT molecular complexity index is 184. The summed E-state index contributed by atoms with van der Waals surface area (Å²) in [5.74, 6) is 0.580. The van der Waals surface area contributed by atoms with Crippen LogP contribution in [0.15, 0.2) is 0 Å². The molecule has 0 saturated carbocycles. The Morgan fingerprint density at radius 1 is 1.31 bits per heavy atom. The number of amides is 1. The van der Waals surface area contributed by atoms with E-state index in [4.69, 9.17) is 4.74 Å². The molecule has 1 unspecified atom stereocenters. The normalized spacial score (nSPS) is 12.8. The average Bonchev–Trinajstić information content (AvgIpc) is 2.24. The predicted octanol–water partition coefficient (Wildman–Crippen LogP) is 1.16. The number of hydrogen-bond donors (Lipinski definition) is 2. The maximum absolute atomic E-state index is 11.3. The fourth-order valence-electron chi connectivity index (χ4n) is 1.06. The Hall–Kier alpha value is -0.610. The minimum Gasteiger partial charge on any atom is -0.379 e. The largest absolute Gasteiger partial charge is 0.379 e. The van der Waals surface area contributed by atoms with Crippen LogP contribution in [-0.2, 0) is 9.53 Å². The monoisotopic (exact) mass is 230 g/mol. The summed E-state index contributed by atoms with van der Waals surface area (Å²) in [5.41, 5.74) is 0. The lowest BCUT2D eigenvalue weighted by atomic mass is 10.2.